The van der Waals surface area contributed by atoms with E-state index in [0.717, 1.165) is 50.9 Å². The molecule has 2 amide bonds. The number of halogens is 1. The lowest BCUT2D eigenvalue weighted by atomic mass is 10.0. The Morgan fingerprint density at radius 3 is 2.50 bits per heavy atom. The van der Waals surface area contributed by atoms with Crippen molar-refractivity contribution in [3.05, 3.63) is 34.9 Å². The van der Waals surface area contributed by atoms with Crippen LogP contribution in [0.25, 0.3) is 0 Å². The minimum atomic E-state index is -0.218. The molecule has 2 saturated heterocycles. The quantitative estimate of drug-likeness (QED) is 0.901. The number of amides is 2. The number of nitrogens with zero attached hydrogens (tertiary/aromatic N) is 2. The normalized spacial score (nSPS) is 22.7. The molecule has 0 unspecified atom stereocenters. The summed E-state index contributed by atoms with van der Waals surface area (Å²) < 4.78 is 0. The third-order valence-electron chi connectivity index (χ3n) is 5.21. The third kappa shape index (κ3) is 3.73. The molecule has 2 N–H and O–H groups in total. The van der Waals surface area contributed by atoms with Gasteiger partial charge in [0.05, 0.1) is 12.5 Å². The number of carbonyl (C=O) groups excluding carboxylic acids is 2. The highest BCUT2D eigenvalue weighted by Crippen LogP contribution is 2.26. The van der Waals surface area contributed by atoms with Gasteiger partial charge in [0.2, 0.25) is 11.8 Å². The first-order chi connectivity index (χ1) is 11.6. The molecule has 0 spiro atoms. The SMILES string of the molecule is NC(=O)[C@@H]1CCCN1C1CCN(C(=O)Cc2ccccc2Cl)CC1. The van der Waals surface area contributed by atoms with E-state index in [1.165, 1.54) is 0 Å². The molecular weight excluding hydrogens is 326 g/mol. The Morgan fingerprint density at radius 2 is 1.83 bits per heavy atom. The van der Waals surface area contributed by atoms with E-state index >= 15 is 0 Å². The first-order valence-corrected chi connectivity index (χ1v) is 9.00. The van der Waals surface area contributed by atoms with Gasteiger partial charge in [-0.3, -0.25) is 14.5 Å². The fraction of sp³-hybridized carbons (Fsp3) is 0.556. The monoisotopic (exact) mass is 349 g/mol. The molecule has 6 heteroatoms. The maximum absolute atomic E-state index is 12.5. The summed E-state index contributed by atoms with van der Waals surface area (Å²) in [4.78, 5) is 28.2. The molecule has 5 nitrogen and oxygen atoms in total. The first kappa shape index (κ1) is 17.2. The van der Waals surface area contributed by atoms with E-state index in [1.807, 2.05) is 29.2 Å². The number of piperidine rings is 1. The molecule has 2 aliphatic rings. The lowest BCUT2D eigenvalue weighted by Gasteiger charge is -2.38. The Balaban J connectivity index is 1.54. The summed E-state index contributed by atoms with van der Waals surface area (Å²) in [6, 6.07) is 7.71. The van der Waals surface area contributed by atoms with Gasteiger partial charge in [-0.2, -0.15) is 0 Å². The molecule has 1 aromatic rings. The summed E-state index contributed by atoms with van der Waals surface area (Å²) in [6.45, 7) is 2.40. The molecule has 0 aliphatic carbocycles. The Kier molecular flexibility index (Phi) is 5.41. The van der Waals surface area contributed by atoms with Crippen LogP contribution >= 0.6 is 11.6 Å². The molecular formula is C18H24ClN3O2. The highest BCUT2D eigenvalue weighted by atomic mass is 35.5. The zero-order valence-corrected chi connectivity index (χ0v) is 14.5. The number of hydrogen-bond acceptors (Lipinski definition) is 3. The van der Waals surface area contributed by atoms with E-state index in [9.17, 15) is 9.59 Å². The Labute approximate surface area is 147 Å². The van der Waals surface area contributed by atoms with Crippen LogP contribution in [0.1, 0.15) is 31.2 Å². The summed E-state index contributed by atoms with van der Waals surface area (Å²) in [6.07, 6.45) is 4.04. The van der Waals surface area contributed by atoms with Gasteiger partial charge in [0, 0.05) is 24.2 Å². The van der Waals surface area contributed by atoms with E-state index in [-0.39, 0.29) is 17.9 Å². The van der Waals surface area contributed by atoms with Gasteiger partial charge in [0.15, 0.2) is 0 Å². The van der Waals surface area contributed by atoms with Gasteiger partial charge in [-0.15, -0.1) is 0 Å². The minimum absolute atomic E-state index is 0.120. The zero-order valence-electron chi connectivity index (χ0n) is 13.8. The summed E-state index contributed by atoms with van der Waals surface area (Å²) in [7, 11) is 0. The Morgan fingerprint density at radius 1 is 1.12 bits per heavy atom. The molecule has 2 heterocycles. The van der Waals surface area contributed by atoms with Crippen LogP contribution < -0.4 is 5.73 Å². The first-order valence-electron chi connectivity index (χ1n) is 8.62. The van der Waals surface area contributed by atoms with E-state index in [0.29, 0.717) is 17.5 Å². The smallest absolute Gasteiger partial charge is 0.234 e. The topological polar surface area (TPSA) is 66.6 Å². The van der Waals surface area contributed by atoms with E-state index in [4.69, 9.17) is 17.3 Å². The van der Waals surface area contributed by atoms with Gasteiger partial charge < -0.3 is 10.6 Å². The van der Waals surface area contributed by atoms with Gasteiger partial charge in [0.1, 0.15) is 0 Å². The predicted molar refractivity (Wildman–Crippen MR) is 93.7 cm³/mol. The van der Waals surface area contributed by atoms with Crippen LogP contribution in [0.2, 0.25) is 5.02 Å². The Bertz CT molecular complexity index is 614. The molecule has 0 radical (unpaired) electrons. The summed E-state index contributed by atoms with van der Waals surface area (Å²) >= 11 is 6.14. The van der Waals surface area contributed by atoms with Crippen molar-refractivity contribution in [2.24, 2.45) is 5.73 Å². The van der Waals surface area contributed by atoms with E-state index < -0.39 is 0 Å². The van der Waals surface area contributed by atoms with Crippen molar-refractivity contribution in [1.82, 2.24) is 9.80 Å². The fourth-order valence-corrected chi connectivity index (χ4v) is 4.10. The summed E-state index contributed by atoms with van der Waals surface area (Å²) in [5.41, 5.74) is 6.39. The fourth-order valence-electron chi connectivity index (χ4n) is 3.90. The number of carbonyl (C=O) groups is 2. The predicted octanol–water partition coefficient (Wildman–Crippen LogP) is 1.82. The summed E-state index contributed by atoms with van der Waals surface area (Å²) in [5.74, 6) is -0.0980. The third-order valence-corrected chi connectivity index (χ3v) is 5.58. The molecule has 1 aromatic carbocycles. The molecule has 2 fully saturated rings. The lowest BCUT2D eigenvalue weighted by molar-refractivity contribution is -0.133. The molecule has 3 rings (SSSR count). The van der Waals surface area contributed by atoms with Crippen LogP contribution in [0.5, 0.6) is 0 Å². The van der Waals surface area contributed by atoms with Gasteiger partial charge in [0.25, 0.3) is 0 Å². The Hall–Kier alpha value is -1.59. The molecule has 0 bridgehead atoms. The average molecular weight is 350 g/mol. The van der Waals surface area contributed by atoms with Gasteiger partial charge >= 0.3 is 0 Å². The molecule has 0 aromatic heterocycles. The van der Waals surface area contributed by atoms with Gasteiger partial charge in [-0.1, -0.05) is 29.8 Å². The largest absolute Gasteiger partial charge is 0.368 e. The van der Waals surface area contributed by atoms with E-state index in [2.05, 4.69) is 4.90 Å². The highest BCUT2D eigenvalue weighted by Gasteiger charge is 2.36. The molecule has 0 saturated carbocycles. The van der Waals surface area contributed by atoms with Crippen LogP contribution in [-0.2, 0) is 16.0 Å². The number of primary amides is 1. The van der Waals surface area contributed by atoms with Crippen molar-refractivity contribution in [2.75, 3.05) is 19.6 Å². The minimum Gasteiger partial charge on any atom is -0.368 e. The number of nitrogens with two attached hydrogens (primary N) is 1. The number of rotatable bonds is 4. The van der Waals surface area contributed by atoms with Gasteiger partial charge in [-0.05, 0) is 43.9 Å². The number of benzene rings is 1. The molecule has 130 valence electrons. The lowest BCUT2D eigenvalue weighted by Crippen LogP contribution is -2.51. The van der Waals surface area contributed by atoms with Crippen molar-refractivity contribution in [3.8, 4) is 0 Å². The van der Waals surface area contributed by atoms with Crippen molar-refractivity contribution >= 4 is 23.4 Å². The van der Waals surface area contributed by atoms with Crippen LogP contribution in [-0.4, -0.2) is 53.3 Å². The molecule has 2 aliphatic heterocycles. The van der Waals surface area contributed by atoms with Gasteiger partial charge in [-0.25, -0.2) is 0 Å². The van der Waals surface area contributed by atoms with Crippen molar-refractivity contribution in [2.45, 2.75) is 44.2 Å². The van der Waals surface area contributed by atoms with Crippen LogP contribution in [0.3, 0.4) is 0 Å². The van der Waals surface area contributed by atoms with Crippen molar-refractivity contribution < 1.29 is 9.59 Å². The second-order valence-electron chi connectivity index (χ2n) is 6.68. The maximum atomic E-state index is 12.5. The second kappa shape index (κ2) is 7.53. The maximum Gasteiger partial charge on any atom is 0.234 e. The van der Waals surface area contributed by atoms with Crippen molar-refractivity contribution in [1.29, 1.82) is 0 Å². The molecule has 24 heavy (non-hydrogen) atoms. The zero-order chi connectivity index (χ0) is 17.1. The molecule has 1 atom stereocenters. The van der Waals surface area contributed by atoms with Crippen molar-refractivity contribution in [3.63, 3.8) is 0 Å². The number of likely N-dealkylation sites (tertiary alicyclic amines) is 2. The van der Waals surface area contributed by atoms with Crippen LogP contribution in [0, 0.1) is 0 Å². The highest BCUT2D eigenvalue weighted by molar-refractivity contribution is 6.31. The van der Waals surface area contributed by atoms with E-state index in [1.54, 1.807) is 0 Å². The average Bonchev–Trinajstić information content (AvgIpc) is 3.07. The standard InChI is InChI=1S/C18H24ClN3O2/c19-15-5-2-1-4-13(15)12-17(23)21-10-7-14(8-11-21)22-9-3-6-16(22)18(20)24/h1-2,4-5,14,16H,3,6-12H2,(H2,20,24)/t16-/m0/s1. The van der Waals surface area contributed by atoms with Crippen LogP contribution in [0.15, 0.2) is 24.3 Å². The van der Waals surface area contributed by atoms with Crippen LogP contribution in [0.4, 0.5) is 0 Å². The number of hydrogen-bond donors (Lipinski definition) is 1. The second-order valence-corrected chi connectivity index (χ2v) is 7.09. The summed E-state index contributed by atoms with van der Waals surface area (Å²) in [5, 5.41) is 0.641.